The third-order valence-electron chi connectivity index (χ3n) is 3.89. The quantitative estimate of drug-likeness (QED) is 0.194. The number of hydrogen-bond acceptors (Lipinski definition) is 3. The zero-order valence-electron chi connectivity index (χ0n) is 14.3. The zero-order valence-corrected chi connectivity index (χ0v) is 15.3. The maximum absolute atomic E-state index is 10.8. The molecule has 0 saturated heterocycles. The Kier molecular flexibility index (Phi) is 12.7. The summed E-state index contributed by atoms with van der Waals surface area (Å²) < 4.78 is 10.5. The summed E-state index contributed by atoms with van der Waals surface area (Å²) in [6.07, 6.45) is 12.6. The number of carbonyl (C=O) groups is 1. The van der Waals surface area contributed by atoms with Gasteiger partial charge in [-0.15, -0.1) is 0 Å². The molecule has 0 aliphatic carbocycles. The number of esters is 1. The van der Waals surface area contributed by atoms with Crippen LogP contribution in [0.4, 0.5) is 0 Å². The van der Waals surface area contributed by atoms with Crippen molar-refractivity contribution in [3.05, 3.63) is 12.7 Å². The van der Waals surface area contributed by atoms with Gasteiger partial charge in [-0.1, -0.05) is 57.9 Å². The van der Waals surface area contributed by atoms with Gasteiger partial charge in [0, 0.05) is 13.2 Å². The van der Waals surface area contributed by atoms with E-state index >= 15 is 0 Å². The van der Waals surface area contributed by atoms with E-state index in [1.807, 2.05) is 7.11 Å². The van der Waals surface area contributed by atoms with Crippen molar-refractivity contribution in [2.24, 2.45) is 0 Å². The average molecular weight is 315 g/mol. The van der Waals surface area contributed by atoms with Gasteiger partial charge >= 0.3 is 5.97 Å². The fraction of sp³-hybridized carbons (Fsp3) is 0.824. The van der Waals surface area contributed by atoms with Gasteiger partial charge in [0.15, 0.2) is 8.32 Å². The van der Waals surface area contributed by atoms with Crippen molar-refractivity contribution < 1.29 is 14.0 Å². The van der Waals surface area contributed by atoms with Gasteiger partial charge < -0.3 is 9.16 Å². The molecule has 4 heteroatoms. The van der Waals surface area contributed by atoms with Crippen LogP contribution in [0.2, 0.25) is 19.1 Å². The molecule has 0 aromatic rings. The van der Waals surface area contributed by atoms with Crippen LogP contribution in [0, 0.1) is 0 Å². The van der Waals surface area contributed by atoms with Gasteiger partial charge in [-0.05, 0) is 25.6 Å². The predicted molar refractivity (Wildman–Crippen MR) is 92.0 cm³/mol. The number of rotatable bonds is 14. The SMILES string of the molecule is C=CC(=O)OCCCCCCCCCCC[Si](C)(C)OC. The summed E-state index contributed by atoms with van der Waals surface area (Å²) in [6, 6.07) is 1.28. The number of ether oxygens (including phenoxy) is 1. The molecule has 0 atom stereocenters. The second-order valence-electron chi connectivity index (χ2n) is 6.27. The molecule has 21 heavy (non-hydrogen) atoms. The molecular formula is C17H34O3Si. The molecule has 0 spiro atoms. The van der Waals surface area contributed by atoms with Crippen LogP contribution < -0.4 is 0 Å². The van der Waals surface area contributed by atoms with E-state index in [0.29, 0.717) is 6.61 Å². The lowest BCUT2D eigenvalue weighted by atomic mass is 10.1. The summed E-state index contributed by atoms with van der Waals surface area (Å²) in [5.74, 6) is -0.310. The summed E-state index contributed by atoms with van der Waals surface area (Å²) in [7, 11) is 0.527. The zero-order chi connectivity index (χ0) is 16.0. The third kappa shape index (κ3) is 14.1. The largest absolute Gasteiger partial charge is 0.463 e. The van der Waals surface area contributed by atoms with Crippen LogP contribution in [0.25, 0.3) is 0 Å². The molecule has 124 valence electrons. The minimum atomic E-state index is -1.32. The Morgan fingerprint density at radius 2 is 1.43 bits per heavy atom. The summed E-state index contributed by atoms with van der Waals surface area (Å²) in [5, 5.41) is 0. The lowest BCUT2D eigenvalue weighted by Gasteiger charge is -2.19. The van der Waals surface area contributed by atoms with Gasteiger partial charge in [0.25, 0.3) is 0 Å². The molecule has 0 radical (unpaired) electrons. The first kappa shape index (κ1) is 20.4. The van der Waals surface area contributed by atoms with Crippen LogP contribution in [0.1, 0.15) is 57.8 Å². The van der Waals surface area contributed by atoms with Crippen LogP contribution in [0.5, 0.6) is 0 Å². The second-order valence-corrected chi connectivity index (χ2v) is 10.7. The van der Waals surface area contributed by atoms with Gasteiger partial charge in [0.1, 0.15) is 0 Å². The van der Waals surface area contributed by atoms with Crippen molar-refractivity contribution in [1.82, 2.24) is 0 Å². The highest BCUT2D eigenvalue weighted by Crippen LogP contribution is 2.16. The minimum absolute atomic E-state index is 0.310. The predicted octanol–water partition coefficient (Wildman–Crippen LogP) is 5.08. The van der Waals surface area contributed by atoms with E-state index in [9.17, 15) is 4.79 Å². The first-order valence-corrected chi connectivity index (χ1v) is 11.5. The Morgan fingerprint density at radius 1 is 0.952 bits per heavy atom. The Labute approximate surface area is 132 Å². The maximum atomic E-state index is 10.8. The molecule has 0 saturated carbocycles. The minimum Gasteiger partial charge on any atom is -0.463 e. The van der Waals surface area contributed by atoms with Crippen molar-refractivity contribution in [3.63, 3.8) is 0 Å². The Bertz CT molecular complexity index is 277. The highest BCUT2D eigenvalue weighted by atomic mass is 28.4. The fourth-order valence-electron chi connectivity index (χ4n) is 2.22. The molecule has 0 rings (SSSR count). The molecule has 0 aromatic carbocycles. The highest BCUT2D eigenvalue weighted by Gasteiger charge is 2.18. The average Bonchev–Trinajstić information content (AvgIpc) is 2.48. The summed E-state index contributed by atoms with van der Waals surface area (Å²) in [4.78, 5) is 10.8. The first-order valence-electron chi connectivity index (χ1n) is 8.36. The van der Waals surface area contributed by atoms with Gasteiger partial charge in [0.05, 0.1) is 6.61 Å². The summed E-state index contributed by atoms with van der Waals surface area (Å²) >= 11 is 0. The van der Waals surface area contributed by atoms with Crippen LogP contribution in [-0.2, 0) is 14.0 Å². The Balaban J connectivity index is 3.16. The molecule has 0 N–H and O–H groups in total. The smallest absolute Gasteiger partial charge is 0.330 e. The molecule has 0 aliphatic rings. The van der Waals surface area contributed by atoms with E-state index in [2.05, 4.69) is 19.7 Å². The van der Waals surface area contributed by atoms with E-state index in [1.54, 1.807) is 0 Å². The molecule has 0 heterocycles. The Hall–Kier alpha value is -0.613. The van der Waals surface area contributed by atoms with Crippen LogP contribution in [-0.4, -0.2) is 28.0 Å². The van der Waals surface area contributed by atoms with E-state index in [4.69, 9.17) is 9.16 Å². The van der Waals surface area contributed by atoms with E-state index in [0.717, 1.165) is 12.8 Å². The molecule has 0 amide bonds. The molecule has 0 fully saturated rings. The molecule has 0 unspecified atom stereocenters. The first-order chi connectivity index (χ1) is 10.0. The highest BCUT2D eigenvalue weighted by molar-refractivity contribution is 6.71. The Morgan fingerprint density at radius 3 is 1.90 bits per heavy atom. The molecule has 3 nitrogen and oxygen atoms in total. The molecule has 0 aliphatic heterocycles. The summed E-state index contributed by atoms with van der Waals surface area (Å²) in [5.41, 5.74) is 0. The molecular weight excluding hydrogens is 280 g/mol. The van der Waals surface area contributed by atoms with Crippen molar-refractivity contribution >= 4 is 14.3 Å². The van der Waals surface area contributed by atoms with E-state index in [-0.39, 0.29) is 5.97 Å². The van der Waals surface area contributed by atoms with Crippen LogP contribution >= 0.6 is 0 Å². The summed E-state index contributed by atoms with van der Waals surface area (Å²) in [6.45, 7) is 8.48. The van der Waals surface area contributed by atoms with Gasteiger partial charge in [-0.25, -0.2) is 4.79 Å². The molecule has 0 bridgehead atoms. The lowest BCUT2D eigenvalue weighted by molar-refractivity contribution is -0.137. The van der Waals surface area contributed by atoms with Crippen molar-refractivity contribution in [2.45, 2.75) is 76.9 Å². The second kappa shape index (κ2) is 13.1. The number of hydrogen-bond donors (Lipinski definition) is 0. The van der Waals surface area contributed by atoms with E-state index < -0.39 is 8.32 Å². The lowest BCUT2D eigenvalue weighted by Crippen LogP contribution is -2.27. The normalized spacial score (nSPS) is 11.4. The monoisotopic (exact) mass is 314 g/mol. The fourth-order valence-corrected chi connectivity index (χ4v) is 3.53. The van der Waals surface area contributed by atoms with Crippen molar-refractivity contribution in [3.8, 4) is 0 Å². The van der Waals surface area contributed by atoms with Gasteiger partial charge in [0.2, 0.25) is 0 Å². The van der Waals surface area contributed by atoms with Gasteiger partial charge in [-0.2, -0.15) is 0 Å². The van der Waals surface area contributed by atoms with Gasteiger partial charge in [-0.3, -0.25) is 0 Å². The topological polar surface area (TPSA) is 35.5 Å². The van der Waals surface area contributed by atoms with Crippen LogP contribution in [0.15, 0.2) is 12.7 Å². The number of unbranched alkanes of at least 4 members (excludes halogenated alkanes) is 8. The van der Waals surface area contributed by atoms with Crippen molar-refractivity contribution in [1.29, 1.82) is 0 Å². The van der Waals surface area contributed by atoms with E-state index in [1.165, 1.54) is 57.1 Å². The van der Waals surface area contributed by atoms with Crippen LogP contribution in [0.3, 0.4) is 0 Å². The standard InChI is InChI=1S/C17H34O3Si/c1-5-17(18)20-15-13-11-9-7-6-8-10-12-14-16-21(3,4)19-2/h5H,1,6-16H2,2-4H3. The molecule has 0 aromatic heterocycles. The number of carbonyl (C=O) groups excluding carboxylic acids is 1. The third-order valence-corrected chi connectivity index (χ3v) is 6.55. The maximum Gasteiger partial charge on any atom is 0.330 e. The van der Waals surface area contributed by atoms with Crippen molar-refractivity contribution in [2.75, 3.05) is 13.7 Å².